The summed E-state index contributed by atoms with van der Waals surface area (Å²) in [7, 11) is 0. The van der Waals surface area contributed by atoms with E-state index in [2.05, 4.69) is 0 Å². The van der Waals surface area contributed by atoms with E-state index in [0.717, 1.165) is 12.8 Å². The third-order valence-electron chi connectivity index (χ3n) is 3.81. The Kier molecular flexibility index (Phi) is 4.54. The van der Waals surface area contributed by atoms with E-state index in [1.807, 2.05) is 20.8 Å². The van der Waals surface area contributed by atoms with Crippen LogP contribution in [0.25, 0.3) is 0 Å². The molecule has 0 N–H and O–H groups in total. The van der Waals surface area contributed by atoms with Gasteiger partial charge in [0.1, 0.15) is 5.60 Å². The van der Waals surface area contributed by atoms with Crippen LogP contribution in [0.3, 0.4) is 0 Å². The molecule has 0 unspecified atom stereocenters. The van der Waals surface area contributed by atoms with Crippen LogP contribution in [-0.2, 0) is 14.3 Å². The van der Waals surface area contributed by atoms with Crippen molar-refractivity contribution in [2.45, 2.75) is 45.6 Å². The normalized spacial score (nSPS) is 21.1. The Morgan fingerprint density at radius 2 is 1.86 bits per heavy atom. The molecule has 2 aliphatic heterocycles. The van der Waals surface area contributed by atoms with Crippen LogP contribution in [0, 0.1) is 5.92 Å². The summed E-state index contributed by atoms with van der Waals surface area (Å²) in [5.74, 6) is 0.305. The van der Waals surface area contributed by atoms with Gasteiger partial charge in [-0.3, -0.25) is 9.59 Å². The minimum Gasteiger partial charge on any atom is -0.444 e. The number of Topliss-reactive ketones (excluding diaryl/α,β-unsaturated/α-hetero) is 1. The number of piperidine rings is 1. The molecule has 0 aromatic heterocycles. The van der Waals surface area contributed by atoms with Crippen molar-refractivity contribution in [2.75, 3.05) is 26.2 Å². The number of nitrogens with zero attached hydrogens (tertiary/aromatic N) is 2. The molecule has 0 spiro atoms. The highest BCUT2D eigenvalue weighted by atomic mass is 16.6. The minimum absolute atomic E-state index is 0.00573. The van der Waals surface area contributed by atoms with Crippen LogP contribution in [0.15, 0.2) is 0 Å². The van der Waals surface area contributed by atoms with Gasteiger partial charge in [0.05, 0.1) is 13.0 Å². The van der Waals surface area contributed by atoms with Crippen molar-refractivity contribution in [3.63, 3.8) is 0 Å². The molecule has 2 saturated heterocycles. The summed E-state index contributed by atoms with van der Waals surface area (Å²) in [5.41, 5.74) is -0.476. The number of carbonyl (C=O) groups is 3. The van der Waals surface area contributed by atoms with E-state index in [1.54, 1.807) is 9.80 Å². The van der Waals surface area contributed by atoms with Gasteiger partial charge in [-0.2, -0.15) is 0 Å². The largest absolute Gasteiger partial charge is 0.444 e. The first-order valence-electron chi connectivity index (χ1n) is 7.52. The van der Waals surface area contributed by atoms with Crippen LogP contribution in [-0.4, -0.2) is 59.4 Å². The molecule has 2 aliphatic rings. The summed E-state index contributed by atoms with van der Waals surface area (Å²) in [5, 5.41) is 0. The third-order valence-corrected chi connectivity index (χ3v) is 3.81. The highest BCUT2D eigenvalue weighted by molar-refractivity contribution is 6.05. The molecule has 2 amide bonds. The topological polar surface area (TPSA) is 66.9 Å². The zero-order valence-electron chi connectivity index (χ0n) is 13.1. The molecule has 0 aromatic carbocycles. The second-order valence-corrected chi connectivity index (χ2v) is 6.90. The van der Waals surface area contributed by atoms with Crippen molar-refractivity contribution in [3.8, 4) is 0 Å². The summed E-state index contributed by atoms with van der Waals surface area (Å²) >= 11 is 0. The molecule has 6 nitrogen and oxygen atoms in total. The lowest BCUT2D eigenvalue weighted by atomic mass is 9.96. The third kappa shape index (κ3) is 4.44. The number of carbonyl (C=O) groups excluding carboxylic acids is 3. The van der Waals surface area contributed by atoms with Gasteiger partial charge in [0.15, 0.2) is 5.78 Å². The maximum Gasteiger partial charge on any atom is 0.410 e. The van der Waals surface area contributed by atoms with Gasteiger partial charge in [0, 0.05) is 19.6 Å². The Morgan fingerprint density at radius 1 is 1.24 bits per heavy atom. The first-order chi connectivity index (χ1) is 9.74. The van der Waals surface area contributed by atoms with Gasteiger partial charge < -0.3 is 14.5 Å². The second-order valence-electron chi connectivity index (χ2n) is 6.90. The summed E-state index contributed by atoms with van der Waals surface area (Å²) in [6, 6.07) is 0. The van der Waals surface area contributed by atoms with E-state index in [9.17, 15) is 14.4 Å². The van der Waals surface area contributed by atoms with Crippen LogP contribution >= 0.6 is 0 Å². The Bertz CT molecular complexity index is 433. The maximum absolute atomic E-state index is 12.0. The molecule has 6 heteroatoms. The lowest BCUT2D eigenvalue weighted by molar-refractivity contribution is -0.128. The minimum atomic E-state index is -0.476. The van der Waals surface area contributed by atoms with Crippen LogP contribution in [0.2, 0.25) is 0 Å². The van der Waals surface area contributed by atoms with E-state index in [0.29, 0.717) is 25.6 Å². The molecule has 0 saturated carbocycles. The van der Waals surface area contributed by atoms with Gasteiger partial charge in [-0.25, -0.2) is 4.79 Å². The van der Waals surface area contributed by atoms with Gasteiger partial charge in [0.25, 0.3) is 0 Å². The maximum atomic E-state index is 12.0. The lowest BCUT2D eigenvalue weighted by Crippen LogP contribution is -2.44. The molecule has 0 radical (unpaired) electrons. The Morgan fingerprint density at radius 3 is 2.33 bits per heavy atom. The van der Waals surface area contributed by atoms with Crippen molar-refractivity contribution < 1.29 is 19.1 Å². The first-order valence-corrected chi connectivity index (χ1v) is 7.52. The van der Waals surface area contributed by atoms with E-state index in [4.69, 9.17) is 4.74 Å². The molecule has 2 fully saturated rings. The Labute approximate surface area is 125 Å². The molecule has 0 bridgehead atoms. The smallest absolute Gasteiger partial charge is 0.410 e. The zero-order valence-corrected chi connectivity index (χ0v) is 13.1. The Hall–Kier alpha value is -1.59. The Balaban J connectivity index is 1.77. The fourth-order valence-corrected chi connectivity index (χ4v) is 2.74. The number of amides is 2. The number of ether oxygens (including phenoxy) is 1. The zero-order chi connectivity index (χ0) is 15.6. The predicted molar refractivity (Wildman–Crippen MR) is 76.7 cm³/mol. The number of ketones is 1. The molecule has 0 aliphatic carbocycles. The van der Waals surface area contributed by atoms with Gasteiger partial charge >= 0.3 is 6.09 Å². The molecule has 0 aromatic rings. The van der Waals surface area contributed by atoms with E-state index in [-0.39, 0.29) is 30.7 Å². The highest BCUT2D eigenvalue weighted by Gasteiger charge is 2.32. The molecule has 21 heavy (non-hydrogen) atoms. The summed E-state index contributed by atoms with van der Waals surface area (Å²) in [6.45, 7) is 7.75. The fraction of sp³-hybridized carbons (Fsp3) is 0.800. The summed E-state index contributed by atoms with van der Waals surface area (Å²) in [6.07, 6.45) is 1.47. The standard InChI is InChI=1S/C15H24N2O4/c1-15(2,3)21-14(20)16-6-4-11(5-7-16)9-17-10-12(18)8-13(17)19/h11H,4-10H2,1-3H3. The molecule has 118 valence electrons. The quantitative estimate of drug-likeness (QED) is 0.723. The SMILES string of the molecule is CC(C)(C)OC(=O)N1CCC(CN2CC(=O)CC2=O)CC1. The molecule has 0 atom stereocenters. The van der Waals surface area contributed by atoms with Gasteiger partial charge in [-0.15, -0.1) is 0 Å². The monoisotopic (exact) mass is 296 g/mol. The molecule has 2 rings (SSSR count). The van der Waals surface area contributed by atoms with Gasteiger partial charge in [-0.05, 0) is 39.5 Å². The van der Waals surface area contributed by atoms with Crippen molar-refractivity contribution in [1.29, 1.82) is 0 Å². The lowest BCUT2D eigenvalue weighted by Gasteiger charge is -2.34. The second kappa shape index (κ2) is 6.03. The van der Waals surface area contributed by atoms with Crippen LogP contribution in [0.5, 0.6) is 0 Å². The van der Waals surface area contributed by atoms with Crippen LogP contribution in [0.4, 0.5) is 4.79 Å². The van der Waals surface area contributed by atoms with Crippen molar-refractivity contribution >= 4 is 17.8 Å². The highest BCUT2D eigenvalue weighted by Crippen LogP contribution is 2.22. The number of hydrogen-bond acceptors (Lipinski definition) is 4. The number of likely N-dealkylation sites (tertiary alicyclic amines) is 2. The summed E-state index contributed by atoms with van der Waals surface area (Å²) < 4.78 is 5.35. The van der Waals surface area contributed by atoms with E-state index >= 15 is 0 Å². The van der Waals surface area contributed by atoms with Crippen molar-refractivity contribution in [1.82, 2.24) is 9.80 Å². The fourth-order valence-electron chi connectivity index (χ4n) is 2.74. The molecule has 2 heterocycles. The average Bonchev–Trinajstić information content (AvgIpc) is 2.66. The molecular weight excluding hydrogens is 272 g/mol. The van der Waals surface area contributed by atoms with E-state index in [1.165, 1.54) is 0 Å². The van der Waals surface area contributed by atoms with Crippen LogP contribution in [0.1, 0.15) is 40.0 Å². The van der Waals surface area contributed by atoms with Gasteiger partial charge in [0.2, 0.25) is 5.91 Å². The summed E-state index contributed by atoms with van der Waals surface area (Å²) in [4.78, 5) is 38.2. The number of rotatable bonds is 2. The molecular formula is C15H24N2O4. The van der Waals surface area contributed by atoms with Gasteiger partial charge in [-0.1, -0.05) is 0 Å². The number of hydrogen-bond donors (Lipinski definition) is 0. The van der Waals surface area contributed by atoms with Crippen molar-refractivity contribution in [2.24, 2.45) is 5.92 Å². The predicted octanol–water partition coefficient (Wildman–Crippen LogP) is 1.43. The average molecular weight is 296 g/mol. The first kappa shape index (κ1) is 15.8. The van der Waals surface area contributed by atoms with Crippen molar-refractivity contribution in [3.05, 3.63) is 0 Å². The van der Waals surface area contributed by atoms with Crippen LogP contribution < -0.4 is 0 Å². The van der Waals surface area contributed by atoms with E-state index < -0.39 is 5.60 Å².